The second-order valence-electron chi connectivity index (χ2n) is 9.23. The standard InChI is InChI=1S/C25H28N2O3S/c1-25(2,3)19-11-13-20(14-12-19)27(31(4,29)30)16-23(28)26-22-15-10-18-9-8-17-6-5-7-21(22)24(17)18/h5-7,10-15H,8-9,16H2,1-4H3,(H,26,28). The molecule has 3 aromatic carbocycles. The highest BCUT2D eigenvalue weighted by Gasteiger charge is 2.23. The van der Waals surface area contributed by atoms with Crippen molar-refractivity contribution < 1.29 is 13.2 Å². The van der Waals surface area contributed by atoms with Crippen molar-refractivity contribution in [1.29, 1.82) is 0 Å². The molecule has 0 aromatic heterocycles. The zero-order valence-electron chi connectivity index (χ0n) is 18.4. The molecule has 1 N–H and O–H groups in total. The molecule has 3 aromatic rings. The van der Waals surface area contributed by atoms with Crippen LogP contribution in [0, 0.1) is 0 Å². The van der Waals surface area contributed by atoms with E-state index in [-0.39, 0.29) is 17.9 Å². The molecule has 0 fully saturated rings. The van der Waals surface area contributed by atoms with E-state index in [1.807, 2.05) is 36.4 Å². The smallest absolute Gasteiger partial charge is 0.245 e. The van der Waals surface area contributed by atoms with E-state index < -0.39 is 10.0 Å². The number of carbonyl (C=O) groups is 1. The number of aryl methyl sites for hydroxylation is 2. The summed E-state index contributed by atoms with van der Waals surface area (Å²) in [6.45, 7) is 6.02. The van der Waals surface area contributed by atoms with Crippen molar-refractivity contribution in [2.75, 3.05) is 22.4 Å². The average Bonchev–Trinajstić information content (AvgIpc) is 3.12. The fraction of sp³-hybridized carbons (Fsp3) is 0.320. The maximum Gasteiger partial charge on any atom is 0.245 e. The van der Waals surface area contributed by atoms with E-state index in [1.54, 1.807) is 12.1 Å². The molecule has 0 radical (unpaired) electrons. The van der Waals surface area contributed by atoms with Gasteiger partial charge in [-0.15, -0.1) is 0 Å². The van der Waals surface area contributed by atoms with Crippen molar-refractivity contribution in [2.24, 2.45) is 0 Å². The molecule has 1 aliphatic rings. The van der Waals surface area contributed by atoms with Crippen molar-refractivity contribution in [3.05, 3.63) is 71.3 Å². The van der Waals surface area contributed by atoms with E-state index in [0.717, 1.165) is 34.4 Å². The molecule has 162 valence electrons. The molecular weight excluding hydrogens is 408 g/mol. The summed E-state index contributed by atoms with van der Waals surface area (Å²) < 4.78 is 26.1. The van der Waals surface area contributed by atoms with Crippen molar-refractivity contribution in [3.8, 4) is 0 Å². The van der Waals surface area contributed by atoms with E-state index in [1.165, 1.54) is 16.5 Å². The Balaban J connectivity index is 1.59. The zero-order chi connectivity index (χ0) is 22.4. The minimum absolute atomic E-state index is 0.0401. The van der Waals surface area contributed by atoms with Crippen molar-refractivity contribution in [1.82, 2.24) is 0 Å². The van der Waals surface area contributed by atoms with Crippen LogP contribution in [0.5, 0.6) is 0 Å². The molecule has 0 unspecified atom stereocenters. The van der Waals surface area contributed by atoms with Gasteiger partial charge in [-0.1, -0.05) is 57.2 Å². The molecule has 6 heteroatoms. The molecule has 0 atom stereocenters. The first kappa shape index (κ1) is 21.4. The first-order valence-electron chi connectivity index (χ1n) is 10.5. The van der Waals surface area contributed by atoms with Gasteiger partial charge in [0.05, 0.1) is 11.9 Å². The maximum absolute atomic E-state index is 12.9. The summed E-state index contributed by atoms with van der Waals surface area (Å²) in [7, 11) is -3.63. The van der Waals surface area contributed by atoms with Crippen LogP contribution in [0.4, 0.5) is 11.4 Å². The number of sulfonamides is 1. The number of anilines is 2. The monoisotopic (exact) mass is 436 g/mol. The van der Waals surface area contributed by atoms with Crippen molar-refractivity contribution >= 4 is 38.1 Å². The van der Waals surface area contributed by atoms with Crippen LogP contribution in [0.15, 0.2) is 54.6 Å². The highest BCUT2D eigenvalue weighted by Crippen LogP contribution is 2.35. The summed E-state index contributed by atoms with van der Waals surface area (Å²) in [6, 6.07) is 17.4. The van der Waals surface area contributed by atoms with E-state index in [0.29, 0.717) is 11.4 Å². The average molecular weight is 437 g/mol. The molecule has 4 rings (SSSR count). The third kappa shape index (κ3) is 4.30. The third-order valence-corrected chi connectivity index (χ3v) is 7.00. The number of nitrogens with zero attached hydrogens (tertiary/aromatic N) is 1. The summed E-state index contributed by atoms with van der Waals surface area (Å²) in [6.07, 6.45) is 3.14. The highest BCUT2D eigenvalue weighted by atomic mass is 32.2. The van der Waals surface area contributed by atoms with Crippen LogP contribution in [-0.2, 0) is 33.1 Å². The number of amides is 1. The van der Waals surface area contributed by atoms with Crippen LogP contribution in [0.2, 0.25) is 0 Å². The topological polar surface area (TPSA) is 66.5 Å². The Hall–Kier alpha value is -2.86. The van der Waals surface area contributed by atoms with E-state index in [9.17, 15) is 13.2 Å². The second kappa shape index (κ2) is 7.68. The van der Waals surface area contributed by atoms with Crippen LogP contribution in [0.1, 0.15) is 37.5 Å². The van der Waals surface area contributed by atoms with Gasteiger partial charge in [0.2, 0.25) is 15.9 Å². The Morgan fingerprint density at radius 2 is 1.61 bits per heavy atom. The van der Waals surface area contributed by atoms with Gasteiger partial charge in [0.15, 0.2) is 0 Å². The van der Waals surface area contributed by atoms with Gasteiger partial charge in [0.1, 0.15) is 6.54 Å². The number of hydrogen-bond acceptors (Lipinski definition) is 3. The van der Waals surface area contributed by atoms with Gasteiger partial charge in [0.25, 0.3) is 0 Å². The molecule has 0 bridgehead atoms. The molecule has 0 spiro atoms. The molecule has 0 heterocycles. The lowest BCUT2D eigenvalue weighted by molar-refractivity contribution is -0.114. The third-order valence-electron chi connectivity index (χ3n) is 5.86. The van der Waals surface area contributed by atoms with Gasteiger partial charge in [-0.25, -0.2) is 8.42 Å². The second-order valence-corrected chi connectivity index (χ2v) is 11.1. The Morgan fingerprint density at radius 3 is 2.23 bits per heavy atom. The summed E-state index contributed by atoms with van der Waals surface area (Å²) >= 11 is 0. The first-order chi connectivity index (χ1) is 14.5. The summed E-state index contributed by atoms with van der Waals surface area (Å²) in [4.78, 5) is 12.9. The Kier molecular flexibility index (Phi) is 5.30. The van der Waals surface area contributed by atoms with Gasteiger partial charge in [-0.2, -0.15) is 0 Å². The Morgan fingerprint density at radius 1 is 0.968 bits per heavy atom. The van der Waals surface area contributed by atoms with Crippen LogP contribution in [0.25, 0.3) is 10.8 Å². The fourth-order valence-corrected chi connectivity index (χ4v) is 5.06. The molecule has 5 nitrogen and oxygen atoms in total. The molecule has 0 aliphatic heterocycles. The summed E-state index contributed by atoms with van der Waals surface area (Å²) in [5.74, 6) is -0.371. The van der Waals surface area contributed by atoms with Crippen molar-refractivity contribution in [2.45, 2.75) is 39.0 Å². The lowest BCUT2D eigenvalue weighted by Crippen LogP contribution is -2.37. The van der Waals surface area contributed by atoms with E-state index in [4.69, 9.17) is 0 Å². The number of nitrogens with one attached hydrogen (secondary N) is 1. The number of benzene rings is 3. The Bertz CT molecular complexity index is 1250. The predicted molar refractivity (Wildman–Crippen MR) is 127 cm³/mol. The van der Waals surface area contributed by atoms with Gasteiger partial charge in [-0.05, 0) is 58.5 Å². The first-order valence-corrected chi connectivity index (χ1v) is 12.3. The SMILES string of the molecule is CC(C)(C)c1ccc(N(CC(=O)Nc2ccc3c4c(cccc24)CC3)S(C)(=O)=O)cc1. The quantitative estimate of drug-likeness (QED) is 0.634. The molecular formula is C25H28N2O3S. The van der Waals surface area contributed by atoms with Crippen LogP contribution >= 0.6 is 0 Å². The maximum atomic E-state index is 12.9. The molecule has 1 aliphatic carbocycles. The van der Waals surface area contributed by atoms with Crippen molar-refractivity contribution in [3.63, 3.8) is 0 Å². The fourth-order valence-electron chi connectivity index (χ4n) is 4.20. The Labute approximate surface area is 184 Å². The van der Waals surface area contributed by atoms with Crippen LogP contribution < -0.4 is 9.62 Å². The lowest BCUT2D eigenvalue weighted by Gasteiger charge is -2.24. The number of carbonyl (C=O) groups excluding carboxylic acids is 1. The number of hydrogen-bond donors (Lipinski definition) is 1. The largest absolute Gasteiger partial charge is 0.324 e. The minimum Gasteiger partial charge on any atom is -0.324 e. The summed E-state index contributed by atoms with van der Waals surface area (Å²) in [5, 5.41) is 5.14. The van der Waals surface area contributed by atoms with Crippen LogP contribution in [-0.4, -0.2) is 27.1 Å². The van der Waals surface area contributed by atoms with Crippen LogP contribution in [0.3, 0.4) is 0 Å². The summed E-state index contributed by atoms with van der Waals surface area (Å²) in [5.41, 5.74) is 4.83. The molecule has 0 saturated carbocycles. The lowest BCUT2D eigenvalue weighted by atomic mass is 9.87. The van der Waals surface area contributed by atoms with E-state index >= 15 is 0 Å². The minimum atomic E-state index is -3.63. The predicted octanol–water partition coefficient (Wildman–Crippen LogP) is 4.64. The zero-order valence-corrected chi connectivity index (χ0v) is 19.2. The number of rotatable bonds is 5. The molecule has 1 amide bonds. The molecule has 0 saturated heterocycles. The molecule has 31 heavy (non-hydrogen) atoms. The highest BCUT2D eigenvalue weighted by molar-refractivity contribution is 7.92. The van der Waals surface area contributed by atoms with Gasteiger partial charge in [0, 0.05) is 11.1 Å². The normalized spacial score (nSPS) is 13.4. The van der Waals surface area contributed by atoms with E-state index in [2.05, 4.69) is 32.2 Å². The van der Waals surface area contributed by atoms with Gasteiger partial charge >= 0.3 is 0 Å². The van der Waals surface area contributed by atoms with Gasteiger partial charge < -0.3 is 5.32 Å². The van der Waals surface area contributed by atoms with Gasteiger partial charge in [-0.3, -0.25) is 9.10 Å².